The minimum Gasteiger partial charge on any atom is -0.462 e. The number of hydrogen-bond donors (Lipinski definition) is 0. The van der Waals surface area contributed by atoms with Crippen LogP contribution >= 0.6 is 11.3 Å². The first-order valence-electron chi connectivity index (χ1n) is 8.26. The maximum Gasteiger partial charge on any atom is 0.176 e. The molecule has 0 amide bonds. The number of aromatic nitrogens is 4. The lowest BCUT2D eigenvalue weighted by Gasteiger charge is -2.04. The van der Waals surface area contributed by atoms with Crippen LogP contribution in [0, 0.1) is 6.92 Å². The van der Waals surface area contributed by atoms with Gasteiger partial charge < -0.3 is 4.42 Å². The van der Waals surface area contributed by atoms with E-state index in [0.29, 0.717) is 17.1 Å². The monoisotopic (exact) mass is 390 g/mol. The van der Waals surface area contributed by atoms with E-state index in [9.17, 15) is 0 Å². The lowest BCUT2D eigenvalue weighted by atomic mass is 10.2. The van der Waals surface area contributed by atoms with Crippen LogP contribution in [0.1, 0.15) is 11.4 Å². The third-order valence-corrected chi connectivity index (χ3v) is 5.07. The third kappa shape index (κ3) is 3.49. The van der Waals surface area contributed by atoms with Crippen molar-refractivity contribution in [3.63, 3.8) is 0 Å². The molecule has 0 atom stereocenters. The molecule has 0 radical (unpaired) electrons. The van der Waals surface area contributed by atoms with Crippen LogP contribution in [0.4, 0.5) is 0 Å². The van der Waals surface area contributed by atoms with Gasteiger partial charge in [0.25, 0.3) is 0 Å². The molecule has 7 nitrogen and oxygen atoms in total. The third-order valence-electron chi connectivity index (χ3n) is 3.85. The summed E-state index contributed by atoms with van der Waals surface area (Å²) in [5, 5.41) is 1.77. The molecule has 0 spiro atoms. The standard InChI is InChI=1S/C18H14N6OS.C2H4/c1-10-16(26-18(23-10)12-7-21-9-22-8-12)13-6-11-4-5-25-15(11)14(24-13)17(19-2)20-3;1-2/h4-9H,2H2,1,3H3;1-2H2. The molecule has 0 aliphatic rings. The Balaban J connectivity index is 0.00000109. The molecule has 4 rings (SSSR count). The molecular formula is C20H18N6OS. The molecule has 0 saturated heterocycles. The summed E-state index contributed by atoms with van der Waals surface area (Å²) in [7, 11) is 1.65. The zero-order valence-electron chi connectivity index (χ0n) is 15.6. The van der Waals surface area contributed by atoms with Crippen LogP contribution in [-0.4, -0.2) is 39.5 Å². The average Bonchev–Trinajstić information content (AvgIpc) is 3.37. The van der Waals surface area contributed by atoms with Crippen LogP contribution in [0.5, 0.6) is 0 Å². The van der Waals surface area contributed by atoms with E-state index >= 15 is 0 Å². The number of pyridine rings is 1. The van der Waals surface area contributed by atoms with Gasteiger partial charge in [-0.15, -0.1) is 24.5 Å². The Bertz CT molecular complexity index is 1150. The van der Waals surface area contributed by atoms with E-state index in [-0.39, 0.29) is 0 Å². The van der Waals surface area contributed by atoms with Crippen molar-refractivity contribution in [1.82, 2.24) is 19.9 Å². The Morgan fingerprint density at radius 2 is 1.93 bits per heavy atom. The maximum absolute atomic E-state index is 5.57. The molecule has 0 aromatic carbocycles. The van der Waals surface area contributed by atoms with Gasteiger partial charge in [-0.05, 0) is 25.8 Å². The van der Waals surface area contributed by atoms with Crippen molar-refractivity contribution in [2.45, 2.75) is 6.92 Å². The largest absolute Gasteiger partial charge is 0.462 e. The summed E-state index contributed by atoms with van der Waals surface area (Å²) in [5.74, 6) is 0.436. The second-order valence-electron chi connectivity index (χ2n) is 5.46. The quantitative estimate of drug-likeness (QED) is 0.290. The van der Waals surface area contributed by atoms with E-state index in [4.69, 9.17) is 9.40 Å². The van der Waals surface area contributed by atoms with Gasteiger partial charge in [0, 0.05) is 30.4 Å². The summed E-state index contributed by atoms with van der Waals surface area (Å²) < 4.78 is 5.57. The number of aliphatic imine (C=N–C) groups is 2. The van der Waals surface area contributed by atoms with Gasteiger partial charge in [0.05, 0.1) is 22.5 Å². The van der Waals surface area contributed by atoms with Crippen LogP contribution in [0.2, 0.25) is 0 Å². The highest BCUT2D eigenvalue weighted by atomic mass is 32.1. The number of aryl methyl sites for hydroxylation is 1. The Morgan fingerprint density at radius 1 is 1.18 bits per heavy atom. The Kier molecular flexibility index (Phi) is 5.81. The highest BCUT2D eigenvalue weighted by Gasteiger charge is 2.18. The van der Waals surface area contributed by atoms with Crippen molar-refractivity contribution in [3.8, 4) is 21.1 Å². The fourth-order valence-electron chi connectivity index (χ4n) is 2.66. The Labute approximate surface area is 166 Å². The number of rotatable bonds is 3. The van der Waals surface area contributed by atoms with Crippen molar-refractivity contribution in [2.24, 2.45) is 9.98 Å². The van der Waals surface area contributed by atoms with Crippen LogP contribution < -0.4 is 0 Å². The number of nitrogens with zero attached hydrogens (tertiary/aromatic N) is 6. The van der Waals surface area contributed by atoms with Gasteiger partial charge in [-0.1, -0.05) is 0 Å². The number of thiazole rings is 1. The van der Waals surface area contributed by atoms with Crippen LogP contribution in [-0.2, 0) is 0 Å². The summed E-state index contributed by atoms with van der Waals surface area (Å²) in [6.07, 6.45) is 6.62. The minimum atomic E-state index is 0.436. The predicted molar refractivity (Wildman–Crippen MR) is 114 cm³/mol. The SMILES string of the molecule is C=C.C=NC(=NC)c1nc(-c2sc(-c3cncnc3)nc2C)cc2ccoc12. The van der Waals surface area contributed by atoms with E-state index in [0.717, 1.165) is 32.2 Å². The smallest absolute Gasteiger partial charge is 0.176 e. The molecule has 4 aromatic heterocycles. The van der Waals surface area contributed by atoms with Gasteiger partial charge >= 0.3 is 0 Å². The normalized spacial score (nSPS) is 11.1. The maximum atomic E-state index is 5.57. The molecule has 0 aliphatic heterocycles. The molecule has 0 aliphatic carbocycles. The van der Waals surface area contributed by atoms with Crippen molar-refractivity contribution in [3.05, 3.63) is 61.7 Å². The Morgan fingerprint density at radius 3 is 2.61 bits per heavy atom. The zero-order chi connectivity index (χ0) is 20.1. The fraction of sp³-hybridized carbons (Fsp3) is 0.100. The summed E-state index contributed by atoms with van der Waals surface area (Å²) in [5.41, 5.74) is 3.76. The second-order valence-corrected chi connectivity index (χ2v) is 6.46. The topological polar surface area (TPSA) is 89.4 Å². The number of furan rings is 1. The molecule has 4 heterocycles. The molecule has 140 valence electrons. The van der Waals surface area contributed by atoms with Gasteiger partial charge in [-0.3, -0.25) is 4.99 Å². The zero-order valence-corrected chi connectivity index (χ0v) is 16.4. The van der Waals surface area contributed by atoms with Crippen molar-refractivity contribution >= 4 is 34.9 Å². The average molecular weight is 390 g/mol. The molecule has 28 heavy (non-hydrogen) atoms. The molecule has 4 aromatic rings. The van der Waals surface area contributed by atoms with Gasteiger partial charge in [-0.25, -0.2) is 24.9 Å². The molecule has 0 unspecified atom stereocenters. The molecule has 0 bridgehead atoms. The summed E-state index contributed by atoms with van der Waals surface area (Å²) in [4.78, 5) is 26.6. The summed E-state index contributed by atoms with van der Waals surface area (Å²) >= 11 is 1.54. The fourth-order valence-corrected chi connectivity index (χ4v) is 3.66. The van der Waals surface area contributed by atoms with E-state index in [2.05, 4.69) is 44.8 Å². The lowest BCUT2D eigenvalue weighted by molar-refractivity contribution is 0.613. The first-order valence-corrected chi connectivity index (χ1v) is 9.08. The number of fused-ring (bicyclic) bond motifs is 1. The second kappa shape index (κ2) is 8.45. The molecule has 0 saturated carbocycles. The lowest BCUT2D eigenvalue weighted by Crippen LogP contribution is -2.02. The summed E-state index contributed by atoms with van der Waals surface area (Å²) in [6.45, 7) is 11.5. The molecule has 0 N–H and O–H groups in total. The van der Waals surface area contributed by atoms with E-state index in [1.807, 2.05) is 19.1 Å². The molecular weight excluding hydrogens is 372 g/mol. The van der Waals surface area contributed by atoms with Gasteiger partial charge in [0.1, 0.15) is 11.3 Å². The number of amidine groups is 1. The van der Waals surface area contributed by atoms with Gasteiger partial charge in [0.2, 0.25) is 0 Å². The first kappa shape index (κ1) is 19.2. The van der Waals surface area contributed by atoms with Crippen LogP contribution in [0.15, 0.2) is 64.7 Å². The first-order chi connectivity index (χ1) is 13.7. The van der Waals surface area contributed by atoms with Gasteiger partial charge in [0.15, 0.2) is 17.1 Å². The van der Waals surface area contributed by atoms with Crippen LogP contribution in [0.25, 0.3) is 32.1 Å². The van der Waals surface area contributed by atoms with Crippen molar-refractivity contribution in [2.75, 3.05) is 7.05 Å². The predicted octanol–water partition coefficient (Wildman–Crippen LogP) is 4.60. The minimum absolute atomic E-state index is 0.436. The number of hydrogen-bond acceptors (Lipinski definition) is 7. The molecule has 8 heteroatoms. The van der Waals surface area contributed by atoms with E-state index in [1.54, 1.807) is 37.0 Å². The highest BCUT2D eigenvalue weighted by Crippen LogP contribution is 2.35. The van der Waals surface area contributed by atoms with Crippen LogP contribution in [0.3, 0.4) is 0 Å². The summed E-state index contributed by atoms with van der Waals surface area (Å²) in [6, 6.07) is 3.87. The highest BCUT2D eigenvalue weighted by molar-refractivity contribution is 7.18. The van der Waals surface area contributed by atoms with Crippen molar-refractivity contribution in [1.29, 1.82) is 0 Å². The Hall–Kier alpha value is -3.52. The van der Waals surface area contributed by atoms with Gasteiger partial charge in [-0.2, -0.15) is 0 Å². The van der Waals surface area contributed by atoms with E-state index < -0.39 is 0 Å². The van der Waals surface area contributed by atoms with Crippen molar-refractivity contribution < 1.29 is 4.42 Å². The van der Waals surface area contributed by atoms with E-state index in [1.165, 1.54) is 6.33 Å². The molecule has 0 fully saturated rings.